The normalized spacial score (nSPS) is 11.3. The van der Waals surface area contributed by atoms with Gasteiger partial charge in [0.15, 0.2) is 10.8 Å². The lowest BCUT2D eigenvalue weighted by molar-refractivity contribution is 0.101. The molecule has 0 spiro atoms. The van der Waals surface area contributed by atoms with Gasteiger partial charge in [-0.15, -0.1) is 0 Å². The number of rotatable bonds is 4. The van der Waals surface area contributed by atoms with Gasteiger partial charge in [-0.25, -0.2) is 0 Å². The summed E-state index contributed by atoms with van der Waals surface area (Å²) in [4.78, 5) is 11.3. The van der Waals surface area contributed by atoms with Gasteiger partial charge in [-0.1, -0.05) is 12.1 Å². The molecule has 2 rings (SSSR count). The zero-order chi connectivity index (χ0) is 14.0. The lowest BCUT2D eigenvalue weighted by atomic mass is 10.1. The molecule has 0 saturated heterocycles. The second-order valence-corrected chi connectivity index (χ2v) is 5.66. The van der Waals surface area contributed by atoms with Crippen molar-refractivity contribution in [3.05, 3.63) is 42.1 Å². The third-order valence-corrected chi connectivity index (χ3v) is 4.03. The average Bonchev–Trinajstić information content (AvgIpc) is 2.76. The Morgan fingerprint density at radius 2 is 2.05 bits per heavy atom. The molecule has 0 fully saturated rings. The second-order valence-electron chi connectivity index (χ2n) is 4.04. The zero-order valence-corrected chi connectivity index (χ0v) is 11.3. The number of aromatic nitrogens is 2. The summed E-state index contributed by atoms with van der Waals surface area (Å²) in [7, 11) is -2.16. The van der Waals surface area contributed by atoms with E-state index in [-0.39, 0.29) is 10.8 Å². The predicted octanol–water partition coefficient (Wildman–Crippen LogP) is 1.42. The number of anilines is 1. The van der Waals surface area contributed by atoms with Crippen LogP contribution in [0.15, 0.2) is 41.6 Å². The summed E-state index contributed by atoms with van der Waals surface area (Å²) in [6, 6.07) is 7.73. The maximum Gasteiger partial charge on any atom is 0.279 e. The van der Waals surface area contributed by atoms with Crippen LogP contribution in [0, 0.1) is 0 Å². The molecule has 7 heteroatoms. The Balaban J connectivity index is 2.34. The van der Waals surface area contributed by atoms with E-state index in [2.05, 4.69) is 9.82 Å². The maximum atomic E-state index is 12.1. The van der Waals surface area contributed by atoms with Gasteiger partial charge in [0.2, 0.25) is 0 Å². The molecule has 0 radical (unpaired) electrons. The number of carbonyl (C=O) groups is 1. The Kier molecular flexibility index (Phi) is 3.39. The third-order valence-electron chi connectivity index (χ3n) is 2.57. The topological polar surface area (TPSA) is 81.1 Å². The Bertz CT molecular complexity index is 719. The minimum Gasteiger partial charge on any atom is -0.295 e. The molecule has 0 amide bonds. The highest BCUT2D eigenvalue weighted by Crippen LogP contribution is 2.16. The fraction of sp³-hybridized carbons (Fsp3) is 0.167. The highest BCUT2D eigenvalue weighted by Gasteiger charge is 2.18. The maximum absolute atomic E-state index is 12.1. The fourth-order valence-corrected chi connectivity index (χ4v) is 2.81. The molecule has 0 aliphatic carbocycles. The monoisotopic (exact) mass is 279 g/mol. The summed E-state index contributed by atoms with van der Waals surface area (Å²) in [6.07, 6.45) is 1.40. The van der Waals surface area contributed by atoms with Crippen LogP contribution in [0.25, 0.3) is 0 Å². The van der Waals surface area contributed by atoms with Gasteiger partial charge in [0.1, 0.15) is 0 Å². The van der Waals surface area contributed by atoms with Gasteiger partial charge >= 0.3 is 0 Å². The van der Waals surface area contributed by atoms with E-state index in [9.17, 15) is 13.2 Å². The largest absolute Gasteiger partial charge is 0.295 e. The van der Waals surface area contributed by atoms with Crippen LogP contribution in [-0.2, 0) is 17.1 Å². The first-order valence-electron chi connectivity index (χ1n) is 5.52. The number of benzene rings is 1. The van der Waals surface area contributed by atoms with Gasteiger partial charge in [-0.2, -0.15) is 13.5 Å². The lowest BCUT2D eigenvalue weighted by Gasteiger charge is -2.08. The Morgan fingerprint density at radius 1 is 1.32 bits per heavy atom. The van der Waals surface area contributed by atoms with Crippen LogP contribution in [-0.4, -0.2) is 24.0 Å². The van der Waals surface area contributed by atoms with Crippen molar-refractivity contribution in [3.63, 3.8) is 0 Å². The van der Waals surface area contributed by atoms with Crippen molar-refractivity contribution >= 4 is 21.5 Å². The van der Waals surface area contributed by atoms with Gasteiger partial charge in [0.25, 0.3) is 10.0 Å². The van der Waals surface area contributed by atoms with Crippen molar-refractivity contribution in [3.8, 4) is 0 Å². The fourth-order valence-electron chi connectivity index (χ4n) is 1.63. The van der Waals surface area contributed by atoms with Crippen molar-refractivity contribution in [2.45, 2.75) is 11.9 Å². The number of hydrogen-bond donors (Lipinski definition) is 1. The molecule has 1 heterocycles. The van der Waals surface area contributed by atoms with Crippen molar-refractivity contribution in [2.24, 2.45) is 7.05 Å². The first-order valence-corrected chi connectivity index (χ1v) is 7.00. The van der Waals surface area contributed by atoms with E-state index in [4.69, 9.17) is 0 Å². The molecule has 6 nitrogen and oxygen atoms in total. The van der Waals surface area contributed by atoms with E-state index in [0.717, 1.165) is 0 Å². The molecular formula is C12H13N3O3S. The van der Waals surface area contributed by atoms with Gasteiger partial charge in [-0.3, -0.25) is 14.2 Å². The van der Waals surface area contributed by atoms with Crippen molar-refractivity contribution < 1.29 is 13.2 Å². The van der Waals surface area contributed by atoms with E-state index >= 15 is 0 Å². The van der Waals surface area contributed by atoms with Crippen LogP contribution < -0.4 is 4.72 Å². The number of hydrogen-bond acceptors (Lipinski definition) is 4. The number of ketones is 1. The SMILES string of the molecule is CC(=O)c1cccc(NS(=O)(=O)c2ccnn2C)c1. The third kappa shape index (κ3) is 2.82. The second kappa shape index (κ2) is 4.85. The molecule has 0 saturated carbocycles. The van der Waals surface area contributed by atoms with Crippen LogP contribution in [0.1, 0.15) is 17.3 Å². The van der Waals surface area contributed by atoms with E-state index in [0.29, 0.717) is 11.3 Å². The van der Waals surface area contributed by atoms with Crippen molar-refractivity contribution in [2.75, 3.05) is 4.72 Å². The quantitative estimate of drug-likeness (QED) is 0.858. The first kappa shape index (κ1) is 13.3. The molecule has 0 aliphatic heterocycles. The molecule has 0 bridgehead atoms. The molecule has 100 valence electrons. The highest BCUT2D eigenvalue weighted by atomic mass is 32.2. The van der Waals surface area contributed by atoms with Crippen molar-refractivity contribution in [1.82, 2.24) is 9.78 Å². The summed E-state index contributed by atoms with van der Waals surface area (Å²) in [5, 5.41) is 3.87. The zero-order valence-electron chi connectivity index (χ0n) is 10.5. The average molecular weight is 279 g/mol. The molecule has 0 aliphatic rings. The standard InChI is InChI=1S/C12H13N3O3S/c1-9(16)10-4-3-5-11(8-10)14-19(17,18)12-6-7-13-15(12)2/h3-8,14H,1-2H3. The lowest BCUT2D eigenvalue weighted by Crippen LogP contribution is -2.16. The molecule has 19 heavy (non-hydrogen) atoms. The van der Waals surface area contributed by atoms with Crippen molar-refractivity contribution in [1.29, 1.82) is 0 Å². The van der Waals surface area contributed by atoms with Crippen LogP contribution in [0.5, 0.6) is 0 Å². The highest BCUT2D eigenvalue weighted by molar-refractivity contribution is 7.92. The van der Waals surface area contributed by atoms with E-state index in [1.807, 2.05) is 0 Å². The van der Waals surface area contributed by atoms with Crippen LogP contribution in [0.2, 0.25) is 0 Å². The van der Waals surface area contributed by atoms with E-state index < -0.39 is 10.0 Å². The number of carbonyl (C=O) groups excluding carboxylic acids is 1. The van der Waals surface area contributed by atoms with Crippen LogP contribution in [0.4, 0.5) is 5.69 Å². The Morgan fingerprint density at radius 3 is 2.63 bits per heavy atom. The Labute approximate surface area is 111 Å². The molecule has 1 N–H and O–H groups in total. The number of Topliss-reactive ketones (excluding diaryl/α,β-unsaturated/α-hetero) is 1. The summed E-state index contributed by atoms with van der Waals surface area (Å²) >= 11 is 0. The Hall–Kier alpha value is -2.15. The van der Waals surface area contributed by atoms with E-state index in [1.54, 1.807) is 25.2 Å². The first-order chi connectivity index (χ1) is 8.90. The molecule has 2 aromatic rings. The summed E-state index contributed by atoms with van der Waals surface area (Å²) in [5.74, 6) is -0.124. The van der Waals surface area contributed by atoms with Gasteiger partial charge < -0.3 is 0 Å². The summed E-state index contributed by atoms with van der Waals surface area (Å²) in [5.41, 5.74) is 0.791. The minimum absolute atomic E-state index is 0.0562. The molecule has 0 unspecified atom stereocenters. The summed E-state index contributed by atoms with van der Waals surface area (Å²) in [6.45, 7) is 1.43. The predicted molar refractivity (Wildman–Crippen MR) is 70.5 cm³/mol. The molecule has 1 aromatic carbocycles. The smallest absolute Gasteiger partial charge is 0.279 e. The number of nitrogens with one attached hydrogen (secondary N) is 1. The molecular weight excluding hydrogens is 266 g/mol. The molecule has 0 atom stereocenters. The van der Waals surface area contributed by atoms with Gasteiger partial charge in [-0.05, 0) is 25.1 Å². The van der Waals surface area contributed by atoms with E-state index in [1.165, 1.54) is 29.9 Å². The van der Waals surface area contributed by atoms with Gasteiger partial charge in [0.05, 0.1) is 6.20 Å². The summed E-state index contributed by atoms with van der Waals surface area (Å²) < 4.78 is 27.9. The molecule has 1 aromatic heterocycles. The van der Waals surface area contributed by atoms with Crippen LogP contribution >= 0.6 is 0 Å². The number of sulfonamides is 1. The van der Waals surface area contributed by atoms with Gasteiger partial charge in [0, 0.05) is 18.3 Å². The van der Waals surface area contributed by atoms with Crippen LogP contribution in [0.3, 0.4) is 0 Å². The number of aryl methyl sites for hydroxylation is 1. The minimum atomic E-state index is -3.70. The number of nitrogens with zero attached hydrogens (tertiary/aromatic N) is 2.